The summed E-state index contributed by atoms with van der Waals surface area (Å²) in [5, 5.41) is 14.9. The number of rotatable bonds is 21. The lowest BCUT2D eigenvalue weighted by atomic mass is 10.1. The second-order valence-corrected chi connectivity index (χ2v) is 15.7. The summed E-state index contributed by atoms with van der Waals surface area (Å²) >= 11 is 0. The average Bonchev–Trinajstić information content (AvgIpc) is 3.36. The molecule has 4 N–H and O–H groups in total. The van der Waals surface area contributed by atoms with Gasteiger partial charge in [0, 0.05) is 25.2 Å². The van der Waals surface area contributed by atoms with Crippen molar-refractivity contribution in [3.63, 3.8) is 0 Å². The van der Waals surface area contributed by atoms with Gasteiger partial charge in [-0.05, 0) is 101 Å². The van der Waals surface area contributed by atoms with E-state index in [1.807, 2.05) is 19.0 Å². The molecular weight excluding hydrogens is 917 g/mol. The third-order valence-corrected chi connectivity index (χ3v) is 10.2. The monoisotopic (exact) mass is 964 g/mol. The molecule has 0 fully saturated rings. The highest BCUT2D eigenvalue weighted by molar-refractivity contribution is 5.99. The van der Waals surface area contributed by atoms with Crippen LogP contribution >= 0.6 is 0 Å². The highest BCUT2D eigenvalue weighted by Crippen LogP contribution is 2.19. The number of anilines is 4. The van der Waals surface area contributed by atoms with Crippen LogP contribution < -0.4 is 64.8 Å². The maximum Gasteiger partial charge on any atom is 0.340 e. The minimum atomic E-state index is -0.817. The van der Waals surface area contributed by atoms with E-state index >= 15 is 0 Å². The molecule has 0 saturated heterocycles. The molecule has 0 aliphatic rings. The third kappa shape index (κ3) is 14.0. The smallest absolute Gasteiger partial charge is 0.340 e. The van der Waals surface area contributed by atoms with E-state index < -0.39 is 50.3 Å². The molecule has 0 aliphatic carbocycles. The van der Waals surface area contributed by atoms with E-state index in [1.165, 1.54) is 37.3 Å². The molecule has 0 radical (unpaired) electrons. The van der Waals surface area contributed by atoms with Crippen LogP contribution in [0.2, 0.25) is 0 Å². The van der Waals surface area contributed by atoms with Crippen LogP contribution in [0.4, 0.5) is 22.7 Å². The maximum atomic E-state index is 13.3. The fourth-order valence-corrected chi connectivity index (χ4v) is 6.36. The van der Waals surface area contributed by atoms with Crippen LogP contribution in [-0.2, 0) is 14.2 Å². The van der Waals surface area contributed by atoms with E-state index in [1.54, 1.807) is 90.8 Å². The summed E-state index contributed by atoms with van der Waals surface area (Å²) in [6.45, 7) is 2.48. The Morgan fingerprint density at radius 3 is 1.13 bits per heavy atom. The second-order valence-electron chi connectivity index (χ2n) is 15.7. The molecule has 21 nitrogen and oxygen atoms in total. The number of hydrogen-bond acceptors (Lipinski definition) is 21. The zero-order chi connectivity index (χ0) is 50.9. The standard InChI is InChI=1S/C50H48N10O11/c1-31(61)32-13-5-9-17-36(32)53-57-44-42(62)23-21-40(46(44)64)55-51-37-18-10-6-14-33(37)49(67)70-29-26-60(4)27-30-71-50(68)34-15-7-11-19-38(34)52-56-41-22-24-43(63)45(47(41)65)58-54-39-20-12-8-16-35(39)48(66)69-28-25-59(2)3/h5-24,51-54H,25-30H2,1-4H3/b55-40+,56-41-,57-44+,58-45+. The number of nitrogens with one attached hydrogen (secondary N) is 4. The first kappa shape index (κ1) is 51.3. The molecule has 0 aromatic heterocycles. The molecule has 6 rings (SSSR count). The number of para-hydroxylation sites is 4. The topological polar surface area (TPSA) is 268 Å². The predicted octanol–water partition coefficient (Wildman–Crippen LogP) is 1.46. The SMILES string of the molecule is CC(=O)c1ccccc1N/N=c1\c(=O)cc/c(=N\Nc2ccccc2C(=O)OCCN(C)CCOC(=O)c2ccccc2N/N=c2/ccc(=O)/c(=N\Nc3ccccc3C(=O)OCCN(C)C)c2=O)c1=O. The van der Waals surface area contributed by atoms with Gasteiger partial charge in [-0.15, -0.1) is 0 Å². The van der Waals surface area contributed by atoms with Gasteiger partial charge >= 0.3 is 17.9 Å². The van der Waals surface area contributed by atoms with Crippen LogP contribution in [0.25, 0.3) is 0 Å². The van der Waals surface area contributed by atoms with E-state index in [2.05, 4.69) is 42.1 Å². The van der Waals surface area contributed by atoms with Crippen LogP contribution in [0.15, 0.2) is 161 Å². The largest absolute Gasteiger partial charge is 0.461 e. The predicted molar refractivity (Wildman–Crippen MR) is 262 cm³/mol. The van der Waals surface area contributed by atoms with Gasteiger partial charge in [-0.25, -0.2) is 14.4 Å². The summed E-state index contributed by atoms with van der Waals surface area (Å²) in [6, 6.07) is 30.1. The van der Waals surface area contributed by atoms with Crippen LogP contribution in [-0.4, -0.2) is 94.1 Å². The van der Waals surface area contributed by atoms with Gasteiger partial charge in [-0.2, -0.15) is 20.4 Å². The van der Waals surface area contributed by atoms with Crippen molar-refractivity contribution < 1.29 is 33.4 Å². The molecule has 0 heterocycles. The lowest BCUT2D eigenvalue weighted by molar-refractivity contribution is 0.0418. The molecular formula is C50H48N10O11. The first-order valence-electron chi connectivity index (χ1n) is 21.8. The second kappa shape index (κ2) is 24.8. The number of benzene rings is 6. The highest BCUT2D eigenvalue weighted by atomic mass is 16.5. The van der Waals surface area contributed by atoms with Crippen molar-refractivity contribution in [3.8, 4) is 0 Å². The number of carbonyl (C=O) groups is 4. The molecule has 0 saturated carbocycles. The number of esters is 3. The Bertz CT molecular complexity index is 3420. The number of nitrogens with zero attached hydrogens (tertiary/aromatic N) is 6. The van der Waals surface area contributed by atoms with Gasteiger partial charge in [0.15, 0.2) is 16.5 Å². The van der Waals surface area contributed by atoms with Crippen LogP contribution in [0, 0.1) is 0 Å². The Labute approximate surface area is 404 Å². The first-order valence-corrected chi connectivity index (χ1v) is 21.8. The molecule has 21 heteroatoms. The average molecular weight is 965 g/mol. The Kier molecular flexibility index (Phi) is 17.9. The molecule has 0 unspecified atom stereocenters. The third-order valence-electron chi connectivity index (χ3n) is 10.2. The van der Waals surface area contributed by atoms with Crippen molar-refractivity contribution in [3.05, 3.63) is 206 Å². The highest BCUT2D eigenvalue weighted by Gasteiger charge is 2.16. The van der Waals surface area contributed by atoms with Crippen molar-refractivity contribution in [2.75, 3.05) is 82.3 Å². The van der Waals surface area contributed by atoms with E-state index in [4.69, 9.17) is 14.2 Å². The van der Waals surface area contributed by atoms with Crippen molar-refractivity contribution >= 4 is 46.4 Å². The zero-order valence-electron chi connectivity index (χ0n) is 39.0. The number of likely N-dealkylation sites (N-methyl/N-ethyl adjacent to an activating group) is 2. The van der Waals surface area contributed by atoms with Gasteiger partial charge in [-0.1, -0.05) is 48.5 Å². The van der Waals surface area contributed by atoms with E-state index in [0.717, 1.165) is 12.1 Å². The van der Waals surface area contributed by atoms with E-state index in [9.17, 15) is 38.4 Å². The van der Waals surface area contributed by atoms with Crippen LogP contribution in [0.3, 0.4) is 0 Å². The zero-order valence-corrected chi connectivity index (χ0v) is 39.0. The summed E-state index contributed by atoms with van der Waals surface area (Å²) in [7, 11) is 5.42. The van der Waals surface area contributed by atoms with Gasteiger partial charge in [-0.3, -0.25) is 50.6 Å². The number of Topliss-reactive ketones (excluding diaryl/α,β-unsaturated/α-hetero) is 1. The van der Waals surface area contributed by atoms with Gasteiger partial charge < -0.3 is 19.1 Å². The maximum absolute atomic E-state index is 13.3. The molecule has 6 aromatic rings. The Morgan fingerprint density at radius 1 is 0.437 bits per heavy atom. The van der Waals surface area contributed by atoms with Crippen molar-refractivity contribution in [1.82, 2.24) is 9.80 Å². The fraction of sp³-hybridized carbons (Fsp3) is 0.200. The number of carbonyl (C=O) groups excluding carboxylic acids is 4. The molecule has 0 bridgehead atoms. The molecule has 71 heavy (non-hydrogen) atoms. The Hall–Kier alpha value is -9.08. The normalized spacial score (nSPS) is 12.2. The van der Waals surface area contributed by atoms with Crippen molar-refractivity contribution in [2.24, 2.45) is 20.4 Å². The number of hydrogen-bond donors (Lipinski definition) is 4. The first-order chi connectivity index (χ1) is 34.2. The summed E-state index contributed by atoms with van der Waals surface area (Å²) in [5.41, 5.74) is 9.32. The van der Waals surface area contributed by atoms with Gasteiger partial charge in [0.05, 0.1) is 39.4 Å². The van der Waals surface area contributed by atoms with Crippen LogP contribution in [0.5, 0.6) is 0 Å². The van der Waals surface area contributed by atoms with Gasteiger partial charge in [0.1, 0.15) is 30.5 Å². The molecule has 6 aromatic carbocycles. The Balaban J connectivity index is 1.02. The van der Waals surface area contributed by atoms with Crippen molar-refractivity contribution in [1.29, 1.82) is 0 Å². The van der Waals surface area contributed by atoms with Gasteiger partial charge in [0.25, 0.3) is 0 Å². The molecule has 0 atom stereocenters. The summed E-state index contributed by atoms with van der Waals surface area (Å²) in [5.74, 6) is -2.24. The lowest BCUT2D eigenvalue weighted by Gasteiger charge is -2.17. The lowest BCUT2D eigenvalue weighted by Crippen LogP contribution is -2.48. The van der Waals surface area contributed by atoms with Crippen molar-refractivity contribution in [2.45, 2.75) is 6.92 Å². The summed E-state index contributed by atoms with van der Waals surface area (Å²) in [4.78, 5) is 106. The minimum Gasteiger partial charge on any atom is -0.461 e. The fourth-order valence-electron chi connectivity index (χ4n) is 6.36. The Morgan fingerprint density at radius 2 is 0.761 bits per heavy atom. The van der Waals surface area contributed by atoms with Gasteiger partial charge in [0.2, 0.25) is 21.7 Å². The molecule has 0 amide bonds. The quantitative estimate of drug-likeness (QED) is 0.0344. The minimum absolute atomic E-state index is 0.0391. The van der Waals surface area contributed by atoms with E-state index in [0.29, 0.717) is 17.8 Å². The van der Waals surface area contributed by atoms with E-state index in [-0.39, 0.29) is 83.2 Å². The summed E-state index contributed by atoms with van der Waals surface area (Å²) < 4.78 is 16.3. The number of ketones is 1. The summed E-state index contributed by atoms with van der Waals surface area (Å²) in [6.07, 6.45) is 0. The molecule has 0 aliphatic heterocycles. The van der Waals surface area contributed by atoms with Crippen LogP contribution in [0.1, 0.15) is 48.4 Å². The molecule has 0 spiro atoms. The number of ether oxygens (including phenoxy) is 3. The molecule has 364 valence electrons.